The van der Waals surface area contributed by atoms with Crippen molar-refractivity contribution < 1.29 is 14.3 Å². The summed E-state index contributed by atoms with van der Waals surface area (Å²) in [5.41, 5.74) is 9.00. The molecule has 8 heteroatoms. The number of hydrazine groups is 1. The molecule has 0 aromatic carbocycles. The van der Waals surface area contributed by atoms with Crippen LogP contribution in [0.5, 0.6) is 5.75 Å². The average Bonchev–Trinajstić information content (AvgIpc) is 3.66. The van der Waals surface area contributed by atoms with E-state index in [9.17, 15) is 4.79 Å². The molecule has 8 nitrogen and oxygen atoms in total. The molecule has 170 valence electrons. The van der Waals surface area contributed by atoms with E-state index in [0.29, 0.717) is 23.0 Å². The van der Waals surface area contributed by atoms with Gasteiger partial charge >= 0.3 is 6.09 Å². The number of hydrogen-bond acceptors (Lipinski definition) is 7. The molecule has 0 saturated heterocycles. The first kappa shape index (κ1) is 21.7. The second kappa shape index (κ2) is 9.34. The van der Waals surface area contributed by atoms with Gasteiger partial charge in [-0.15, -0.1) is 0 Å². The van der Waals surface area contributed by atoms with Gasteiger partial charge in [0.1, 0.15) is 12.4 Å². The van der Waals surface area contributed by atoms with Gasteiger partial charge in [0.05, 0.1) is 28.9 Å². The van der Waals surface area contributed by atoms with Crippen LogP contribution in [0.2, 0.25) is 0 Å². The van der Waals surface area contributed by atoms with Gasteiger partial charge in [-0.2, -0.15) is 0 Å². The Morgan fingerprint density at radius 1 is 1.10 bits per heavy atom. The lowest BCUT2D eigenvalue weighted by atomic mass is 9.98. The Bertz CT molecular complexity index is 827. The standard InChI is InChI=1S/C23H35N5O3/c1-27(16-10-11-16)23(29)30-14-19(28(2)25)21(24)18-12-13-20(22(26-18)15-8-9-15)31-17-6-4-3-5-7-17/h12-13,15-17H,3-11,14,24-25H2,1-2H3/b21-19-. The van der Waals surface area contributed by atoms with E-state index in [1.165, 1.54) is 24.3 Å². The first-order valence-electron chi connectivity index (χ1n) is 11.5. The molecule has 0 spiro atoms. The molecule has 1 aromatic heterocycles. The summed E-state index contributed by atoms with van der Waals surface area (Å²) in [4.78, 5) is 18.7. The van der Waals surface area contributed by atoms with E-state index in [-0.39, 0.29) is 24.8 Å². The minimum absolute atomic E-state index is 0.00447. The molecule has 0 aliphatic heterocycles. The zero-order valence-electron chi connectivity index (χ0n) is 18.7. The van der Waals surface area contributed by atoms with Crippen molar-refractivity contribution in [3.63, 3.8) is 0 Å². The Kier molecular flexibility index (Phi) is 6.55. The molecule has 4 N–H and O–H groups in total. The third kappa shape index (κ3) is 5.42. The van der Waals surface area contributed by atoms with E-state index in [0.717, 1.165) is 50.0 Å². The van der Waals surface area contributed by atoms with Gasteiger partial charge in [0, 0.05) is 26.1 Å². The second-order valence-corrected chi connectivity index (χ2v) is 9.10. The lowest BCUT2D eigenvalue weighted by Gasteiger charge is -2.25. The van der Waals surface area contributed by atoms with Crippen molar-refractivity contribution >= 4 is 11.8 Å². The molecule has 1 amide bonds. The van der Waals surface area contributed by atoms with Gasteiger partial charge in [0.25, 0.3) is 0 Å². The van der Waals surface area contributed by atoms with Crippen molar-refractivity contribution in [2.24, 2.45) is 11.6 Å². The van der Waals surface area contributed by atoms with Crippen molar-refractivity contribution in [2.45, 2.75) is 75.9 Å². The Hall–Kier alpha value is -2.48. The lowest BCUT2D eigenvalue weighted by Crippen LogP contribution is -2.34. The molecule has 3 saturated carbocycles. The van der Waals surface area contributed by atoms with Gasteiger partial charge in [0.15, 0.2) is 0 Å². The Morgan fingerprint density at radius 3 is 2.42 bits per heavy atom. The molecule has 1 heterocycles. The number of hydrogen-bond donors (Lipinski definition) is 2. The smallest absolute Gasteiger partial charge is 0.410 e. The highest BCUT2D eigenvalue weighted by Crippen LogP contribution is 2.44. The normalized spacial score (nSPS) is 20.1. The Balaban J connectivity index is 1.51. The Morgan fingerprint density at radius 2 is 1.81 bits per heavy atom. The zero-order chi connectivity index (χ0) is 22.0. The highest BCUT2D eigenvalue weighted by Gasteiger charge is 2.32. The first-order valence-corrected chi connectivity index (χ1v) is 11.5. The average molecular weight is 430 g/mol. The Labute approximate surface area is 184 Å². The van der Waals surface area contributed by atoms with Crippen molar-refractivity contribution in [3.05, 3.63) is 29.2 Å². The molecule has 0 atom stereocenters. The van der Waals surface area contributed by atoms with Gasteiger partial charge < -0.3 is 25.1 Å². The SMILES string of the molecule is CN(N)/C(COC(=O)N(C)C1CC1)=C(\N)c1ccc(OC2CCCCC2)c(C2CC2)n1. The quantitative estimate of drug-likeness (QED) is 0.482. The maximum atomic E-state index is 12.2. The molecule has 0 radical (unpaired) electrons. The predicted octanol–water partition coefficient (Wildman–Crippen LogP) is 3.33. The first-order chi connectivity index (χ1) is 14.9. The van der Waals surface area contributed by atoms with Crippen molar-refractivity contribution in [2.75, 3.05) is 20.7 Å². The van der Waals surface area contributed by atoms with Crippen LogP contribution in [0.1, 0.15) is 75.1 Å². The molecule has 0 bridgehead atoms. The van der Waals surface area contributed by atoms with Crippen LogP contribution in [0.15, 0.2) is 17.8 Å². The van der Waals surface area contributed by atoms with E-state index in [1.54, 1.807) is 19.0 Å². The summed E-state index contributed by atoms with van der Waals surface area (Å²) in [5.74, 6) is 7.32. The van der Waals surface area contributed by atoms with Crippen molar-refractivity contribution in [3.8, 4) is 5.75 Å². The summed E-state index contributed by atoms with van der Waals surface area (Å²) in [6.07, 6.45) is 10.2. The summed E-state index contributed by atoms with van der Waals surface area (Å²) in [7, 11) is 3.44. The number of amides is 1. The van der Waals surface area contributed by atoms with Crippen LogP contribution in [0.4, 0.5) is 4.79 Å². The molecule has 31 heavy (non-hydrogen) atoms. The summed E-state index contributed by atoms with van der Waals surface area (Å²) in [5, 5.41) is 1.39. The second-order valence-electron chi connectivity index (χ2n) is 9.10. The molecule has 3 aliphatic carbocycles. The fourth-order valence-corrected chi connectivity index (χ4v) is 4.08. The molecule has 4 rings (SSSR count). The lowest BCUT2D eigenvalue weighted by molar-refractivity contribution is 0.111. The van der Waals surface area contributed by atoms with Gasteiger partial charge in [-0.1, -0.05) is 6.42 Å². The number of carbonyl (C=O) groups is 1. The maximum Gasteiger partial charge on any atom is 0.410 e. The summed E-state index contributed by atoms with van der Waals surface area (Å²) in [6, 6.07) is 4.15. The number of nitrogens with two attached hydrogens (primary N) is 2. The largest absolute Gasteiger partial charge is 0.489 e. The minimum atomic E-state index is -0.363. The van der Waals surface area contributed by atoms with Gasteiger partial charge in [-0.25, -0.2) is 15.6 Å². The number of rotatable bonds is 8. The van der Waals surface area contributed by atoms with E-state index < -0.39 is 0 Å². The highest BCUT2D eigenvalue weighted by atomic mass is 16.6. The highest BCUT2D eigenvalue weighted by molar-refractivity contribution is 5.69. The van der Waals surface area contributed by atoms with Crippen LogP contribution in [-0.2, 0) is 4.74 Å². The predicted molar refractivity (Wildman–Crippen MR) is 119 cm³/mol. The minimum Gasteiger partial charge on any atom is -0.489 e. The van der Waals surface area contributed by atoms with Crippen LogP contribution in [-0.4, -0.2) is 53.8 Å². The number of nitrogens with zero attached hydrogens (tertiary/aromatic N) is 3. The maximum absolute atomic E-state index is 12.2. The van der Waals surface area contributed by atoms with E-state index in [2.05, 4.69) is 0 Å². The molecule has 1 aromatic rings. The molecule has 3 aliphatic rings. The molecular formula is C23H35N5O3. The summed E-state index contributed by atoms with van der Waals surface area (Å²) in [6.45, 7) is -0.00447. The van der Waals surface area contributed by atoms with Crippen molar-refractivity contribution in [1.82, 2.24) is 14.9 Å². The van der Waals surface area contributed by atoms with Crippen LogP contribution < -0.4 is 16.3 Å². The number of pyridine rings is 1. The number of aromatic nitrogens is 1. The van der Waals surface area contributed by atoms with Crippen LogP contribution in [0.25, 0.3) is 5.70 Å². The molecule has 0 unspecified atom stereocenters. The summed E-state index contributed by atoms with van der Waals surface area (Å²) < 4.78 is 11.8. The third-order valence-corrected chi connectivity index (χ3v) is 6.42. The zero-order valence-corrected chi connectivity index (χ0v) is 18.7. The third-order valence-electron chi connectivity index (χ3n) is 6.42. The fraction of sp³-hybridized carbons (Fsp3) is 0.652. The van der Waals surface area contributed by atoms with Crippen LogP contribution >= 0.6 is 0 Å². The van der Waals surface area contributed by atoms with Gasteiger partial charge in [-0.05, 0) is 63.5 Å². The fourth-order valence-electron chi connectivity index (χ4n) is 4.08. The monoisotopic (exact) mass is 429 g/mol. The van der Waals surface area contributed by atoms with Crippen molar-refractivity contribution in [1.29, 1.82) is 0 Å². The van der Waals surface area contributed by atoms with Crippen LogP contribution in [0.3, 0.4) is 0 Å². The van der Waals surface area contributed by atoms with E-state index in [1.807, 2.05) is 12.1 Å². The molecule has 3 fully saturated rings. The van der Waals surface area contributed by atoms with Gasteiger partial charge in [-0.3, -0.25) is 0 Å². The van der Waals surface area contributed by atoms with Crippen LogP contribution in [0, 0.1) is 0 Å². The number of ether oxygens (including phenoxy) is 2. The topological polar surface area (TPSA) is 107 Å². The van der Waals surface area contributed by atoms with Gasteiger partial charge in [0.2, 0.25) is 0 Å². The summed E-state index contributed by atoms with van der Waals surface area (Å²) >= 11 is 0. The van der Waals surface area contributed by atoms with E-state index in [4.69, 9.17) is 26.0 Å². The number of likely N-dealkylation sites (N-methyl/N-ethyl adjacent to an activating group) is 1. The molecular weight excluding hydrogens is 394 g/mol. The van der Waals surface area contributed by atoms with E-state index >= 15 is 0 Å². The number of carbonyl (C=O) groups excluding carboxylic acids is 1.